The van der Waals surface area contributed by atoms with E-state index in [1.807, 2.05) is 22.5 Å². The third kappa shape index (κ3) is 3.27. The van der Waals surface area contributed by atoms with E-state index in [1.54, 1.807) is 0 Å². The molecule has 0 amide bonds. The average Bonchev–Trinajstić information content (AvgIpc) is 2.88. The zero-order chi connectivity index (χ0) is 16.4. The van der Waals surface area contributed by atoms with Crippen molar-refractivity contribution < 1.29 is 9.90 Å². The van der Waals surface area contributed by atoms with Gasteiger partial charge >= 0.3 is 5.97 Å². The van der Waals surface area contributed by atoms with Crippen LogP contribution >= 0.6 is 0 Å². The van der Waals surface area contributed by atoms with Gasteiger partial charge in [0.1, 0.15) is 17.7 Å². The molecule has 0 radical (unpaired) electrons. The number of carbonyl (C=O) groups is 1. The van der Waals surface area contributed by atoms with Gasteiger partial charge in [-0.1, -0.05) is 37.6 Å². The minimum absolute atomic E-state index is 0.401. The first-order valence-electron chi connectivity index (χ1n) is 8.02. The van der Waals surface area contributed by atoms with E-state index in [1.165, 1.54) is 5.56 Å². The number of aryl methyl sites for hydroxylation is 2. The van der Waals surface area contributed by atoms with Crippen molar-refractivity contribution in [1.82, 2.24) is 19.7 Å². The summed E-state index contributed by atoms with van der Waals surface area (Å²) in [6.07, 6.45) is 2.15. The molecule has 2 aromatic rings. The molecular formula is C17H22N4O2. The molecule has 23 heavy (non-hydrogen) atoms. The zero-order valence-electron chi connectivity index (χ0n) is 13.6. The molecule has 1 aromatic heterocycles. The fraction of sp³-hybridized carbons (Fsp3) is 0.471. The number of carboxylic acids is 1. The van der Waals surface area contributed by atoms with Gasteiger partial charge in [-0.2, -0.15) is 0 Å². The summed E-state index contributed by atoms with van der Waals surface area (Å²) in [7, 11) is 0. The van der Waals surface area contributed by atoms with E-state index >= 15 is 0 Å². The lowest BCUT2D eigenvalue weighted by Crippen LogP contribution is -2.47. The molecule has 1 aromatic carbocycles. The van der Waals surface area contributed by atoms with Gasteiger partial charge in [0.25, 0.3) is 0 Å². The van der Waals surface area contributed by atoms with Gasteiger partial charge < -0.3 is 9.67 Å². The average molecular weight is 314 g/mol. The Morgan fingerprint density at radius 1 is 1.35 bits per heavy atom. The monoisotopic (exact) mass is 314 g/mol. The highest BCUT2D eigenvalue weighted by atomic mass is 16.4. The molecule has 0 bridgehead atoms. The molecule has 1 N–H and O–H groups in total. The van der Waals surface area contributed by atoms with Crippen LogP contribution in [-0.4, -0.2) is 36.8 Å². The fourth-order valence-corrected chi connectivity index (χ4v) is 3.17. The Balaban J connectivity index is 1.83. The minimum Gasteiger partial charge on any atom is -0.480 e. The van der Waals surface area contributed by atoms with E-state index in [-0.39, 0.29) is 0 Å². The van der Waals surface area contributed by atoms with E-state index in [2.05, 4.69) is 35.3 Å². The molecule has 1 atom stereocenters. The molecule has 0 fully saturated rings. The van der Waals surface area contributed by atoms with Gasteiger partial charge in [-0.25, -0.2) is 0 Å². The molecular weight excluding hydrogens is 292 g/mol. The van der Waals surface area contributed by atoms with E-state index < -0.39 is 12.0 Å². The maximum atomic E-state index is 11.7. The smallest absolute Gasteiger partial charge is 0.322 e. The van der Waals surface area contributed by atoms with Gasteiger partial charge in [0.15, 0.2) is 0 Å². The minimum atomic E-state index is -0.798. The largest absolute Gasteiger partial charge is 0.480 e. The van der Waals surface area contributed by atoms with Crippen molar-refractivity contribution in [2.75, 3.05) is 0 Å². The first-order chi connectivity index (χ1) is 11.1. The van der Waals surface area contributed by atoms with E-state index in [4.69, 9.17) is 0 Å². The highest BCUT2D eigenvalue weighted by molar-refractivity contribution is 5.73. The second kappa shape index (κ2) is 6.50. The van der Waals surface area contributed by atoms with Crippen molar-refractivity contribution in [3.63, 3.8) is 0 Å². The lowest BCUT2D eigenvalue weighted by Gasteiger charge is -2.33. The Labute approximate surface area is 135 Å². The van der Waals surface area contributed by atoms with Gasteiger partial charge in [0.05, 0.1) is 13.1 Å². The molecule has 0 aliphatic carbocycles. The summed E-state index contributed by atoms with van der Waals surface area (Å²) in [6.45, 7) is 5.54. The number of fused-ring (bicyclic) bond motifs is 1. The summed E-state index contributed by atoms with van der Waals surface area (Å²) in [5.74, 6) is 0.814. The molecule has 122 valence electrons. The number of benzene rings is 1. The Morgan fingerprint density at radius 3 is 2.87 bits per heavy atom. The predicted molar refractivity (Wildman–Crippen MR) is 85.9 cm³/mol. The van der Waals surface area contributed by atoms with Gasteiger partial charge in [-0.05, 0) is 24.5 Å². The number of hydrogen-bond acceptors (Lipinski definition) is 4. The molecule has 1 unspecified atom stereocenters. The van der Waals surface area contributed by atoms with E-state index in [0.717, 1.165) is 30.1 Å². The highest BCUT2D eigenvalue weighted by Crippen LogP contribution is 2.21. The molecule has 1 aliphatic heterocycles. The molecule has 3 rings (SSSR count). The number of aliphatic carboxylic acids is 1. The van der Waals surface area contributed by atoms with Crippen molar-refractivity contribution in [3.05, 3.63) is 47.0 Å². The Morgan fingerprint density at radius 2 is 2.13 bits per heavy atom. The number of carboxylic acid groups (broad SMARTS) is 1. The van der Waals surface area contributed by atoms with Crippen LogP contribution in [0.5, 0.6) is 0 Å². The van der Waals surface area contributed by atoms with Gasteiger partial charge in [-0.15, -0.1) is 10.2 Å². The van der Waals surface area contributed by atoms with E-state index in [9.17, 15) is 9.90 Å². The summed E-state index contributed by atoms with van der Waals surface area (Å²) < 4.78 is 1.91. The number of rotatable bonds is 5. The van der Waals surface area contributed by atoms with Crippen LogP contribution in [0.4, 0.5) is 0 Å². The van der Waals surface area contributed by atoms with Crippen molar-refractivity contribution in [2.24, 2.45) is 0 Å². The SMILES string of the molecule is CCCc1cccc(CN2Cc3nnc(C)n3CC2C(=O)O)c1. The van der Waals surface area contributed by atoms with Crippen molar-refractivity contribution in [2.45, 2.75) is 52.4 Å². The molecule has 0 saturated carbocycles. The van der Waals surface area contributed by atoms with Crippen LogP contribution in [0.2, 0.25) is 0 Å². The Hall–Kier alpha value is -2.21. The summed E-state index contributed by atoms with van der Waals surface area (Å²) in [4.78, 5) is 13.6. The van der Waals surface area contributed by atoms with Gasteiger partial charge in [-0.3, -0.25) is 9.69 Å². The normalized spacial score (nSPS) is 17.9. The Bertz CT molecular complexity index is 710. The van der Waals surface area contributed by atoms with Crippen molar-refractivity contribution >= 4 is 5.97 Å². The summed E-state index contributed by atoms with van der Waals surface area (Å²) >= 11 is 0. The predicted octanol–water partition coefficient (Wildman–Crippen LogP) is 2.01. The number of nitrogens with zero attached hydrogens (tertiary/aromatic N) is 4. The maximum absolute atomic E-state index is 11.7. The molecule has 6 heteroatoms. The number of hydrogen-bond donors (Lipinski definition) is 1. The van der Waals surface area contributed by atoms with Crippen LogP contribution in [0.1, 0.15) is 36.1 Å². The standard InChI is InChI=1S/C17H22N4O2/c1-3-5-13-6-4-7-14(8-13)9-20-11-16-19-18-12(2)21(16)10-15(20)17(22)23/h4,6-8,15H,3,5,9-11H2,1-2H3,(H,22,23). The van der Waals surface area contributed by atoms with Gasteiger partial charge in [0.2, 0.25) is 0 Å². The molecule has 2 heterocycles. The molecule has 1 aliphatic rings. The quantitative estimate of drug-likeness (QED) is 0.914. The summed E-state index contributed by atoms with van der Waals surface area (Å²) in [5.41, 5.74) is 2.44. The topological polar surface area (TPSA) is 71.2 Å². The third-order valence-electron chi connectivity index (χ3n) is 4.35. The van der Waals surface area contributed by atoms with Crippen LogP contribution in [0.3, 0.4) is 0 Å². The summed E-state index contributed by atoms with van der Waals surface area (Å²) in [5, 5.41) is 17.8. The number of aromatic nitrogens is 3. The van der Waals surface area contributed by atoms with Crippen LogP contribution in [-0.2, 0) is 30.8 Å². The second-order valence-corrected chi connectivity index (χ2v) is 6.10. The zero-order valence-corrected chi connectivity index (χ0v) is 13.6. The summed E-state index contributed by atoms with van der Waals surface area (Å²) in [6, 6.07) is 7.85. The van der Waals surface area contributed by atoms with Crippen molar-refractivity contribution in [3.8, 4) is 0 Å². The first kappa shape index (κ1) is 15.7. The van der Waals surface area contributed by atoms with Crippen LogP contribution in [0.15, 0.2) is 24.3 Å². The second-order valence-electron chi connectivity index (χ2n) is 6.10. The Kier molecular flexibility index (Phi) is 4.43. The van der Waals surface area contributed by atoms with Crippen LogP contribution in [0, 0.1) is 6.92 Å². The van der Waals surface area contributed by atoms with E-state index in [0.29, 0.717) is 19.6 Å². The maximum Gasteiger partial charge on any atom is 0.322 e. The first-order valence-corrected chi connectivity index (χ1v) is 8.02. The fourth-order valence-electron chi connectivity index (χ4n) is 3.17. The lowest BCUT2D eigenvalue weighted by atomic mass is 10.1. The lowest BCUT2D eigenvalue weighted by molar-refractivity contribution is -0.145. The molecule has 0 spiro atoms. The molecule has 6 nitrogen and oxygen atoms in total. The third-order valence-corrected chi connectivity index (χ3v) is 4.35. The van der Waals surface area contributed by atoms with Crippen LogP contribution < -0.4 is 0 Å². The highest BCUT2D eigenvalue weighted by Gasteiger charge is 2.33. The van der Waals surface area contributed by atoms with Crippen LogP contribution in [0.25, 0.3) is 0 Å². The van der Waals surface area contributed by atoms with Gasteiger partial charge in [0, 0.05) is 6.54 Å². The van der Waals surface area contributed by atoms with Crippen molar-refractivity contribution in [1.29, 1.82) is 0 Å². The molecule has 0 saturated heterocycles.